The molecule has 0 amide bonds. The van der Waals surface area contributed by atoms with Gasteiger partial charge in [-0.25, -0.2) is 4.98 Å². The van der Waals surface area contributed by atoms with Crippen molar-refractivity contribution < 1.29 is 4.74 Å². The van der Waals surface area contributed by atoms with Gasteiger partial charge >= 0.3 is 0 Å². The Hall–Kier alpha value is -0.910. The second kappa shape index (κ2) is 4.53. The number of hydrogen-bond acceptors (Lipinski definition) is 3. The summed E-state index contributed by atoms with van der Waals surface area (Å²) in [5.74, 6) is 0. The molecule has 2 aromatic rings. The van der Waals surface area contributed by atoms with Crippen LogP contribution in [0.2, 0.25) is 5.02 Å². The first-order valence-corrected chi connectivity index (χ1v) is 5.67. The van der Waals surface area contributed by atoms with Crippen molar-refractivity contribution in [1.82, 2.24) is 14.5 Å². The fourth-order valence-corrected chi connectivity index (χ4v) is 2.25. The van der Waals surface area contributed by atoms with Gasteiger partial charge in [-0.1, -0.05) is 11.6 Å². The maximum absolute atomic E-state index is 5.87. The van der Waals surface area contributed by atoms with E-state index < -0.39 is 0 Å². The molecule has 1 unspecified atom stereocenters. The van der Waals surface area contributed by atoms with E-state index in [2.05, 4.69) is 9.97 Å². The van der Waals surface area contributed by atoms with Gasteiger partial charge in [0.05, 0.1) is 23.2 Å². The molecule has 4 nitrogen and oxygen atoms in total. The SMILES string of the molecule is COCC(C)n1c(=S)[nH]c2cc(Cl)cnc21. The fraction of sp³-hybridized carbons (Fsp3) is 0.400. The summed E-state index contributed by atoms with van der Waals surface area (Å²) in [7, 11) is 1.67. The second-order valence-electron chi connectivity index (χ2n) is 3.63. The highest BCUT2D eigenvalue weighted by molar-refractivity contribution is 7.71. The number of aromatic nitrogens is 3. The molecule has 1 N–H and O–H groups in total. The average Bonchev–Trinajstić information content (AvgIpc) is 2.53. The standard InChI is InChI=1S/C10H12ClN3OS/c1-6(5-15-2)14-9-8(13-10(14)16)3-7(11)4-12-9/h3-4,6H,5H2,1-2H3,(H,13,16). The third-order valence-electron chi connectivity index (χ3n) is 2.37. The topological polar surface area (TPSA) is 42.8 Å². The number of aromatic amines is 1. The van der Waals surface area contributed by atoms with E-state index in [1.54, 1.807) is 13.3 Å². The minimum Gasteiger partial charge on any atom is -0.383 e. The molecule has 0 aromatic carbocycles. The predicted molar refractivity (Wildman–Crippen MR) is 66.5 cm³/mol. The van der Waals surface area contributed by atoms with Crippen LogP contribution in [0.3, 0.4) is 0 Å². The largest absolute Gasteiger partial charge is 0.383 e. The quantitative estimate of drug-likeness (QED) is 0.860. The van der Waals surface area contributed by atoms with Gasteiger partial charge in [-0.2, -0.15) is 0 Å². The van der Waals surface area contributed by atoms with Gasteiger partial charge in [0.2, 0.25) is 0 Å². The number of methoxy groups -OCH3 is 1. The van der Waals surface area contributed by atoms with Crippen molar-refractivity contribution in [2.24, 2.45) is 0 Å². The van der Waals surface area contributed by atoms with Crippen LogP contribution in [0.25, 0.3) is 11.2 Å². The number of imidazole rings is 1. The Bertz CT molecular complexity index is 563. The van der Waals surface area contributed by atoms with Crippen molar-refractivity contribution in [1.29, 1.82) is 0 Å². The van der Waals surface area contributed by atoms with E-state index >= 15 is 0 Å². The van der Waals surface area contributed by atoms with Crippen LogP contribution < -0.4 is 0 Å². The molecule has 0 fully saturated rings. The summed E-state index contributed by atoms with van der Waals surface area (Å²) in [5.41, 5.74) is 1.65. The third kappa shape index (κ3) is 1.98. The van der Waals surface area contributed by atoms with Crippen LogP contribution in [0.1, 0.15) is 13.0 Å². The van der Waals surface area contributed by atoms with E-state index in [1.165, 1.54) is 0 Å². The number of nitrogens with zero attached hydrogens (tertiary/aromatic N) is 2. The molecule has 0 radical (unpaired) electrons. The smallest absolute Gasteiger partial charge is 0.179 e. The minimum atomic E-state index is 0.139. The van der Waals surface area contributed by atoms with Crippen LogP contribution in [-0.4, -0.2) is 28.3 Å². The number of fused-ring (bicyclic) bond motifs is 1. The lowest BCUT2D eigenvalue weighted by Gasteiger charge is -2.12. The van der Waals surface area contributed by atoms with Crippen molar-refractivity contribution >= 4 is 35.0 Å². The molecule has 0 aliphatic heterocycles. The summed E-state index contributed by atoms with van der Waals surface area (Å²) < 4.78 is 7.69. The van der Waals surface area contributed by atoms with Gasteiger partial charge in [0.15, 0.2) is 10.4 Å². The van der Waals surface area contributed by atoms with Crippen LogP contribution in [0.5, 0.6) is 0 Å². The highest BCUT2D eigenvalue weighted by Gasteiger charge is 2.12. The number of rotatable bonds is 3. The van der Waals surface area contributed by atoms with Gasteiger partial charge in [-0.3, -0.25) is 4.57 Å². The maximum atomic E-state index is 5.87. The molecule has 0 bridgehead atoms. The monoisotopic (exact) mass is 257 g/mol. The van der Waals surface area contributed by atoms with Crippen LogP contribution >= 0.6 is 23.8 Å². The molecule has 0 saturated carbocycles. The average molecular weight is 258 g/mol. The first kappa shape index (κ1) is 11.6. The van der Waals surface area contributed by atoms with Crippen LogP contribution in [-0.2, 0) is 4.74 Å². The van der Waals surface area contributed by atoms with Crippen molar-refractivity contribution in [3.63, 3.8) is 0 Å². The molecule has 2 heterocycles. The molecule has 0 spiro atoms. The molecular weight excluding hydrogens is 246 g/mol. The third-order valence-corrected chi connectivity index (χ3v) is 2.88. The lowest BCUT2D eigenvalue weighted by molar-refractivity contribution is 0.163. The predicted octanol–water partition coefficient (Wildman–Crippen LogP) is 2.95. The second-order valence-corrected chi connectivity index (χ2v) is 4.45. The summed E-state index contributed by atoms with van der Waals surface area (Å²) in [4.78, 5) is 7.36. The van der Waals surface area contributed by atoms with E-state index in [1.807, 2.05) is 17.6 Å². The zero-order chi connectivity index (χ0) is 11.7. The lowest BCUT2D eigenvalue weighted by Crippen LogP contribution is -2.11. The van der Waals surface area contributed by atoms with Gasteiger partial charge in [-0.15, -0.1) is 0 Å². The zero-order valence-electron chi connectivity index (χ0n) is 9.03. The van der Waals surface area contributed by atoms with Gasteiger partial charge in [-0.05, 0) is 25.2 Å². The van der Waals surface area contributed by atoms with Crippen LogP contribution in [0.4, 0.5) is 0 Å². The fourth-order valence-electron chi connectivity index (χ4n) is 1.71. The van der Waals surface area contributed by atoms with E-state index in [4.69, 9.17) is 28.6 Å². The Balaban J connectivity index is 2.60. The highest BCUT2D eigenvalue weighted by atomic mass is 35.5. The summed E-state index contributed by atoms with van der Waals surface area (Å²) >= 11 is 11.1. The Labute approximate surface area is 103 Å². The van der Waals surface area contributed by atoms with Gasteiger partial charge in [0, 0.05) is 13.3 Å². The number of halogens is 1. The molecule has 0 aliphatic carbocycles. The number of ether oxygens (including phenoxy) is 1. The zero-order valence-corrected chi connectivity index (χ0v) is 10.6. The number of H-pyrrole nitrogens is 1. The van der Waals surface area contributed by atoms with Crippen molar-refractivity contribution in [2.75, 3.05) is 13.7 Å². The van der Waals surface area contributed by atoms with E-state index in [0.717, 1.165) is 11.2 Å². The molecule has 1 atom stereocenters. The van der Waals surface area contributed by atoms with E-state index in [9.17, 15) is 0 Å². The number of nitrogens with one attached hydrogen (secondary N) is 1. The molecule has 6 heteroatoms. The summed E-state index contributed by atoms with van der Waals surface area (Å²) in [5, 5.41) is 0.593. The highest BCUT2D eigenvalue weighted by Crippen LogP contribution is 2.20. The molecule has 16 heavy (non-hydrogen) atoms. The minimum absolute atomic E-state index is 0.139. The Morgan fingerprint density at radius 3 is 3.12 bits per heavy atom. The normalized spacial score (nSPS) is 13.2. The molecule has 0 saturated heterocycles. The van der Waals surface area contributed by atoms with Crippen molar-refractivity contribution in [3.05, 3.63) is 22.1 Å². The Kier molecular flexibility index (Phi) is 3.28. The first-order chi connectivity index (χ1) is 7.63. The van der Waals surface area contributed by atoms with Crippen molar-refractivity contribution in [2.45, 2.75) is 13.0 Å². The molecular formula is C10H12ClN3OS. The van der Waals surface area contributed by atoms with Gasteiger partial charge < -0.3 is 9.72 Å². The van der Waals surface area contributed by atoms with Gasteiger partial charge in [0.25, 0.3) is 0 Å². The summed E-state index contributed by atoms with van der Waals surface area (Å²) in [6.45, 7) is 2.62. The summed E-state index contributed by atoms with van der Waals surface area (Å²) in [6.07, 6.45) is 1.61. The lowest BCUT2D eigenvalue weighted by atomic mass is 10.3. The maximum Gasteiger partial charge on any atom is 0.179 e. The number of hydrogen-bond donors (Lipinski definition) is 1. The molecule has 0 aliphatic rings. The molecule has 86 valence electrons. The number of pyridine rings is 1. The van der Waals surface area contributed by atoms with Gasteiger partial charge in [0.1, 0.15) is 0 Å². The Morgan fingerprint density at radius 2 is 2.44 bits per heavy atom. The van der Waals surface area contributed by atoms with Crippen LogP contribution in [0.15, 0.2) is 12.3 Å². The van der Waals surface area contributed by atoms with Crippen LogP contribution in [0, 0.1) is 4.77 Å². The van der Waals surface area contributed by atoms with Crippen molar-refractivity contribution in [3.8, 4) is 0 Å². The first-order valence-electron chi connectivity index (χ1n) is 4.88. The van der Waals surface area contributed by atoms with E-state index in [0.29, 0.717) is 16.4 Å². The summed E-state index contributed by atoms with van der Waals surface area (Å²) in [6, 6.07) is 1.95. The van der Waals surface area contributed by atoms with E-state index in [-0.39, 0.29) is 6.04 Å². The Morgan fingerprint density at radius 1 is 1.69 bits per heavy atom. The molecule has 2 rings (SSSR count). The molecule has 2 aromatic heterocycles.